The zero-order valence-corrected chi connectivity index (χ0v) is 18.6. The Morgan fingerprint density at radius 1 is 1.06 bits per heavy atom. The van der Waals surface area contributed by atoms with Crippen LogP contribution in [-0.4, -0.2) is 40.1 Å². The largest absolute Gasteiger partial charge is 0.497 e. The molecule has 2 heterocycles. The SMILES string of the molecule is COc1ccc(-n2ccn(CN3CCC(C(=O)NCc4ccccc4)CC3)c2=S)cc1. The lowest BCUT2D eigenvalue weighted by Crippen LogP contribution is -2.40. The van der Waals surface area contributed by atoms with Crippen molar-refractivity contribution < 1.29 is 9.53 Å². The van der Waals surface area contributed by atoms with Crippen molar-refractivity contribution in [2.45, 2.75) is 26.1 Å². The molecule has 31 heavy (non-hydrogen) atoms. The minimum Gasteiger partial charge on any atom is -0.497 e. The maximum absolute atomic E-state index is 12.5. The van der Waals surface area contributed by atoms with E-state index in [1.165, 1.54) is 0 Å². The summed E-state index contributed by atoms with van der Waals surface area (Å²) in [6, 6.07) is 17.9. The molecular weight excluding hydrogens is 408 g/mol. The topological polar surface area (TPSA) is 51.4 Å². The lowest BCUT2D eigenvalue weighted by atomic mass is 9.96. The second kappa shape index (κ2) is 9.94. The van der Waals surface area contributed by atoms with Crippen LogP contribution in [0.25, 0.3) is 5.69 Å². The summed E-state index contributed by atoms with van der Waals surface area (Å²) in [6.07, 6.45) is 5.75. The monoisotopic (exact) mass is 436 g/mol. The van der Waals surface area contributed by atoms with Crippen LogP contribution in [0.1, 0.15) is 18.4 Å². The highest BCUT2D eigenvalue weighted by molar-refractivity contribution is 7.71. The molecule has 1 saturated heterocycles. The minimum atomic E-state index is 0.0804. The molecule has 2 aromatic carbocycles. The molecule has 6 nitrogen and oxygen atoms in total. The van der Waals surface area contributed by atoms with Gasteiger partial charge in [0.05, 0.1) is 13.8 Å². The quantitative estimate of drug-likeness (QED) is 0.569. The van der Waals surface area contributed by atoms with Crippen molar-refractivity contribution >= 4 is 18.1 Å². The summed E-state index contributed by atoms with van der Waals surface area (Å²) >= 11 is 5.69. The van der Waals surface area contributed by atoms with E-state index in [0.29, 0.717) is 6.54 Å². The first-order chi connectivity index (χ1) is 15.1. The molecular formula is C24H28N4O2S. The van der Waals surface area contributed by atoms with E-state index in [0.717, 1.165) is 54.4 Å². The summed E-state index contributed by atoms with van der Waals surface area (Å²) in [4.78, 5) is 14.9. The summed E-state index contributed by atoms with van der Waals surface area (Å²) in [5, 5.41) is 3.08. The highest BCUT2D eigenvalue weighted by atomic mass is 32.1. The number of likely N-dealkylation sites (tertiary alicyclic amines) is 1. The van der Waals surface area contributed by atoms with Gasteiger partial charge in [0.1, 0.15) is 5.75 Å². The van der Waals surface area contributed by atoms with Crippen LogP contribution >= 0.6 is 12.2 Å². The number of hydrogen-bond acceptors (Lipinski definition) is 4. The van der Waals surface area contributed by atoms with Gasteiger partial charge in [-0.2, -0.15) is 0 Å². The maximum atomic E-state index is 12.5. The van der Waals surface area contributed by atoms with Crippen LogP contribution in [-0.2, 0) is 18.0 Å². The first-order valence-electron chi connectivity index (χ1n) is 10.6. The van der Waals surface area contributed by atoms with E-state index < -0.39 is 0 Å². The molecule has 0 saturated carbocycles. The second-order valence-electron chi connectivity index (χ2n) is 7.86. The van der Waals surface area contributed by atoms with Crippen LogP contribution in [0.15, 0.2) is 67.0 Å². The summed E-state index contributed by atoms with van der Waals surface area (Å²) in [7, 11) is 1.66. The van der Waals surface area contributed by atoms with Gasteiger partial charge < -0.3 is 14.6 Å². The second-order valence-corrected chi connectivity index (χ2v) is 8.22. The van der Waals surface area contributed by atoms with Crippen LogP contribution in [0, 0.1) is 10.7 Å². The number of ether oxygens (including phenoxy) is 1. The third-order valence-electron chi connectivity index (χ3n) is 5.82. The van der Waals surface area contributed by atoms with Crippen LogP contribution in [0.3, 0.4) is 0 Å². The van der Waals surface area contributed by atoms with Gasteiger partial charge in [-0.1, -0.05) is 30.3 Å². The number of methoxy groups -OCH3 is 1. The zero-order valence-electron chi connectivity index (χ0n) is 17.7. The van der Waals surface area contributed by atoms with Crippen LogP contribution in [0.2, 0.25) is 0 Å². The Balaban J connectivity index is 1.29. The lowest BCUT2D eigenvalue weighted by molar-refractivity contribution is -0.126. The molecule has 1 amide bonds. The molecule has 0 aliphatic carbocycles. The number of imidazole rings is 1. The van der Waals surface area contributed by atoms with Crippen molar-refractivity contribution in [2.24, 2.45) is 5.92 Å². The van der Waals surface area contributed by atoms with Crippen LogP contribution < -0.4 is 10.1 Å². The number of rotatable bonds is 7. The van der Waals surface area contributed by atoms with Crippen molar-refractivity contribution in [2.75, 3.05) is 20.2 Å². The van der Waals surface area contributed by atoms with Gasteiger partial charge in [0.25, 0.3) is 0 Å². The fourth-order valence-electron chi connectivity index (χ4n) is 3.94. The smallest absolute Gasteiger partial charge is 0.223 e. The van der Waals surface area contributed by atoms with E-state index in [2.05, 4.69) is 14.8 Å². The van der Waals surface area contributed by atoms with Gasteiger partial charge in [-0.15, -0.1) is 0 Å². The van der Waals surface area contributed by atoms with Crippen molar-refractivity contribution in [1.29, 1.82) is 0 Å². The highest BCUT2D eigenvalue weighted by Gasteiger charge is 2.25. The molecule has 4 rings (SSSR count). The molecule has 1 N–H and O–H groups in total. The summed E-state index contributed by atoms with van der Waals surface area (Å²) < 4.78 is 10.1. The molecule has 162 valence electrons. The van der Waals surface area contributed by atoms with E-state index in [-0.39, 0.29) is 11.8 Å². The molecule has 1 aliphatic rings. The summed E-state index contributed by atoms with van der Waals surface area (Å²) in [5.74, 6) is 1.06. The molecule has 7 heteroatoms. The molecule has 0 atom stereocenters. The molecule has 0 spiro atoms. The number of nitrogens with one attached hydrogen (secondary N) is 1. The lowest BCUT2D eigenvalue weighted by Gasteiger charge is -2.31. The maximum Gasteiger partial charge on any atom is 0.223 e. The van der Waals surface area contributed by atoms with Gasteiger partial charge in [-0.05, 0) is 54.9 Å². The Kier molecular flexibility index (Phi) is 6.84. The van der Waals surface area contributed by atoms with Gasteiger partial charge in [0.2, 0.25) is 5.91 Å². The van der Waals surface area contributed by atoms with E-state index in [4.69, 9.17) is 17.0 Å². The summed E-state index contributed by atoms with van der Waals surface area (Å²) in [6.45, 7) is 3.10. The van der Waals surface area contributed by atoms with Crippen molar-refractivity contribution in [3.63, 3.8) is 0 Å². The van der Waals surface area contributed by atoms with Crippen molar-refractivity contribution in [3.8, 4) is 11.4 Å². The van der Waals surface area contributed by atoms with Gasteiger partial charge in [-0.25, -0.2) is 0 Å². The molecule has 1 fully saturated rings. The molecule has 0 radical (unpaired) electrons. The average Bonchev–Trinajstić information content (AvgIpc) is 3.18. The van der Waals surface area contributed by atoms with E-state index in [1.54, 1.807) is 7.11 Å². The van der Waals surface area contributed by atoms with Gasteiger partial charge in [0, 0.05) is 43.6 Å². The zero-order chi connectivity index (χ0) is 21.6. The van der Waals surface area contributed by atoms with Crippen molar-refractivity contribution in [1.82, 2.24) is 19.4 Å². The molecule has 3 aromatic rings. The number of carbonyl (C=O) groups is 1. The van der Waals surface area contributed by atoms with E-state index in [9.17, 15) is 4.79 Å². The Morgan fingerprint density at radius 2 is 1.77 bits per heavy atom. The standard InChI is InChI=1S/C24H28N4O2S/c1-30-22-9-7-21(8-10-22)28-16-15-27(24(28)31)18-26-13-11-20(12-14-26)23(29)25-17-19-5-3-2-4-6-19/h2-10,15-16,20H,11-14,17-18H2,1H3,(H,25,29). The fraction of sp³-hybridized carbons (Fsp3) is 0.333. The third kappa shape index (κ3) is 5.24. The Bertz CT molecular complexity index is 1050. The third-order valence-corrected chi connectivity index (χ3v) is 6.25. The van der Waals surface area contributed by atoms with Crippen LogP contribution in [0.5, 0.6) is 5.75 Å². The first-order valence-corrected chi connectivity index (χ1v) is 11.0. The fourth-order valence-corrected chi connectivity index (χ4v) is 4.23. The Hall–Kier alpha value is -2.90. The summed E-state index contributed by atoms with van der Waals surface area (Å²) in [5.41, 5.74) is 2.14. The predicted molar refractivity (Wildman–Crippen MR) is 124 cm³/mol. The minimum absolute atomic E-state index is 0.0804. The normalized spacial score (nSPS) is 15.0. The van der Waals surface area contributed by atoms with Gasteiger partial charge >= 0.3 is 0 Å². The van der Waals surface area contributed by atoms with E-state index in [1.807, 2.05) is 71.6 Å². The number of amides is 1. The Morgan fingerprint density at radius 3 is 2.45 bits per heavy atom. The van der Waals surface area contributed by atoms with Gasteiger partial charge in [0.15, 0.2) is 4.77 Å². The molecule has 1 aromatic heterocycles. The number of piperidine rings is 1. The first kappa shape index (κ1) is 21.3. The van der Waals surface area contributed by atoms with Crippen LogP contribution in [0.4, 0.5) is 0 Å². The number of nitrogens with zero attached hydrogens (tertiary/aromatic N) is 3. The number of aromatic nitrogens is 2. The Labute approximate surface area is 188 Å². The number of benzene rings is 2. The van der Waals surface area contributed by atoms with Crippen molar-refractivity contribution in [3.05, 3.63) is 77.3 Å². The predicted octanol–water partition coefficient (Wildman–Crippen LogP) is 4.00. The number of carbonyl (C=O) groups excluding carboxylic acids is 1. The van der Waals surface area contributed by atoms with Gasteiger partial charge in [-0.3, -0.25) is 14.3 Å². The highest BCUT2D eigenvalue weighted by Crippen LogP contribution is 2.20. The molecule has 0 unspecified atom stereocenters. The molecule has 1 aliphatic heterocycles. The van der Waals surface area contributed by atoms with E-state index >= 15 is 0 Å². The average molecular weight is 437 g/mol. The molecule has 0 bridgehead atoms. The number of hydrogen-bond donors (Lipinski definition) is 1.